The number of ether oxygens (including phenoxy) is 2. The fraction of sp³-hybridized carbons (Fsp3) is 0.400. The van der Waals surface area contributed by atoms with Crippen LogP contribution in [0.25, 0.3) is 0 Å². The van der Waals surface area contributed by atoms with Crippen molar-refractivity contribution in [1.82, 2.24) is 0 Å². The molecule has 0 aromatic carbocycles. The van der Waals surface area contributed by atoms with Crippen LogP contribution in [0, 0.1) is 0 Å². The maximum atomic E-state index is 5.11. The molecule has 0 unspecified atom stereocenters. The molecule has 0 aromatic rings. The molecule has 0 fully saturated rings. The maximum Gasteiger partial charge on any atom is 0.0652 e. The fourth-order valence-electron chi connectivity index (χ4n) is 0.575. The van der Waals surface area contributed by atoms with Crippen LogP contribution in [0.15, 0.2) is 37.5 Å². The second-order valence-electron chi connectivity index (χ2n) is 2.12. The van der Waals surface area contributed by atoms with Crippen LogP contribution >= 0.6 is 0 Å². The van der Waals surface area contributed by atoms with Crippen molar-refractivity contribution in [2.24, 2.45) is 0 Å². The van der Waals surface area contributed by atoms with Gasteiger partial charge in [0.05, 0.1) is 26.4 Å². The van der Waals surface area contributed by atoms with Crippen LogP contribution in [0.4, 0.5) is 0 Å². The van der Waals surface area contributed by atoms with E-state index in [0.717, 1.165) is 0 Å². The molecule has 2 nitrogen and oxygen atoms in total. The Hall–Kier alpha value is -0.860. The molecule has 0 amide bonds. The van der Waals surface area contributed by atoms with Gasteiger partial charge in [0, 0.05) is 0 Å². The highest BCUT2D eigenvalue weighted by molar-refractivity contribution is 4.82. The average Bonchev–Trinajstić information content (AvgIpc) is 2.10. The molecule has 0 atom stereocenters. The van der Waals surface area contributed by atoms with Crippen molar-refractivity contribution in [3.8, 4) is 0 Å². The first-order chi connectivity index (χ1) is 5.91. The number of hydrogen-bond acceptors (Lipinski definition) is 2. The van der Waals surface area contributed by atoms with E-state index in [4.69, 9.17) is 9.47 Å². The van der Waals surface area contributed by atoms with Crippen LogP contribution in [0.3, 0.4) is 0 Å². The normalized spacial score (nSPS) is 10.3. The van der Waals surface area contributed by atoms with Gasteiger partial charge in [0.25, 0.3) is 0 Å². The Labute approximate surface area is 74.2 Å². The third-order valence-corrected chi connectivity index (χ3v) is 1.07. The molecule has 68 valence electrons. The highest BCUT2D eigenvalue weighted by Crippen LogP contribution is 1.81. The topological polar surface area (TPSA) is 18.5 Å². The van der Waals surface area contributed by atoms with E-state index < -0.39 is 0 Å². The van der Waals surface area contributed by atoms with E-state index >= 15 is 0 Å². The van der Waals surface area contributed by atoms with Gasteiger partial charge in [-0.2, -0.15) is 0 Å². The minimum Gasteiger partial charge on any atom is -0.373 e. The first kappa shape index (κ1) is 11.1. The summed E-state index contributed by atoms with van der Waals surface area (Å²) >= 11 is 0. The molecule has 0 saturated heterocycles. The van der Waals surface area contributed by atoms with Crippen LogP contribution in [-0.4, -0.2) is 26.4 Å². The van der Waals surface area contributed by atoms with Crippen molar-refractivity contribution in [2.45, 2.75) is 0 Å². The van der Waals surface area contributed by atoms with E-state index in [1.165, 1.54) is 0 Å². The molecule has 0 rings (SSSR count). The first-order valence-corrected chi connectivity index (χ1v) is 3.94. The zero-order chi connectivity index (χ0) is 9.07. The molecule has 0 spiro atoms. The highest BCUT2D eigenvalue weighted by Gasteiger charge is 1.78. The van der Waals surface area contributed by atoms with Crippen molar-refractivity contribution in [2.75, 3.05) is 26.4 Å². The standard InChI is InChI=1S/C10H16O2/c1-3-7-11-9-5-6-10-12-8-4-2/h3-6H,1-2,7-10H2/b6-5-. The molecule has 2 heteroatoms. The van der Waals surface area contributed by atoms with Gasteiger partial charge in [-0.05, 0) is 0 Å². The summed E-state index contributed by atoms with van der Waals surface area (Å²) in [5, 5.41) is 0. The van der Waals surface area contributed by atoms with Gasteiger partial charge in [-0.1, -0.05) is 24.3 Å². The van der Waals surface area contributed by atoms with Gasteiger partial charge >= 0.3 is 0 Å². The Kier molecular flexibility index (Phi) is 9.41. The van der Waals surface area contributed by atoms with E-state index in [-0.39, 0.29) is 0 Å². The summed E-state index contributed by atoms with van der Waals surface area (Å²) in [4.78, 5) is 0. The molecule has 0 N–H and O–H groups in total. The molecule has 0 bridgehead atoms. The number of hydrogen-bond donors (Lipinski definition) is 0. The van der Waals surface area contributed by atoms with Gasteiger partial charge in [-0.25, -0.2) is 0 Å². The minimum atomic E-state index is 0.595. The van der Waals surface area contributed by atoms with Crippen LogP contribution in [-0.2, 0) is 9.47 Å². The highest BCUT2D eigenvalue weighted by atomic mass is 16.5. The fourth-order valence-corrected chi connectivity index (χ4v) is 0.575. The molecule has 12 heavy (non-hydrogen) atoms. The van der Waals surface area contributed by atoms with Crippen LogP contribution in [0.5, 0.6) is 0 Å². The van der Waals surface area contributed by atoms with E-state index in [2.05, 4.69) is 13.2 Å². The molecule has 0 heterocycles. The van der Waals surface area contributed by atoms with E-state index in [9.17, 15) is 0 Å². The predicted molar refractivity (Wildman–Crippen MR) is 51.2 cm³/mol. The van der Waals surface area contributed by atoms with Gasteiger partial charge in [-0.3, -0.25) is 0 Å². The van der Waals surface area contributed by atoms with Crippen molar-refractivity contribution >= 4 is 0 Å². The quantitative estimate of drug-likeness (QED) is 0.407. The van der Waals surface area contributed by atoms with E-state index in [0.29, 0.717) is 26.4 Å². The lowest BCUT2D eigenvalue weighted by atomic mass is 10.5. The first-order valence-electron chi connectivity index (χ1n) is 3.94. The summed E-state index contributed by atoms with van der Waals surface area (Å²) in [5.74, 6) is 0. The van der Waals surface area contributed by atoms with Gasteiger partial charge in [0.15, 0.2) is 0 Å². The van der Waals surface area contributed by atoms with Gasteiger partial charge in [-0.15, -0.1) is 13.2 Å². The third-order valence-electron chi connectivity index (χ3n) is 1.07. The van der Waals surface area contributed by atoms with Crippen molar-refractivity contribution in [3.63, 3.8) is 0 Å². The van der Waals surface area contributed by atoms with E-state index in [1.807, 2.05) is 12.2 Å². The Morgan fingerprint density at radius 2 is 1.17 bits per heavy atom. The minimum absolute atomic E-state index is 0.595. The molecule has 0 aromatic heterocycles. The SMILES string of the molecule is C=CCOC/C=C\COCC=C. The summed E-state index contributed by atoms with van der Waals surface area (Å²) in [6, 6.07) is 0. The molecular weight excluding hydrogens is 152 g/mol. The van der Waals surface area contributed by atoms with Crippen molar-refractivity contribution in [1.29, 1.82) is 0 Å². The van der Waals surface area contributed by atoms with Crippen LogP contribution in [0.2, 0.25) is 0 Å². The van der Waals surface area contributed by atoms with Gasteiger partial charge < -0.3 is 9.47 Å². The molecule has 0 aliphatic rings. The zero-order valence-electron chi connectivity index (χ0n) is 7.37. The van der Waals surface area contributed by atoms with Crippen LogP contribution in [0.1, 0.15) is 0 Å². The smallest absolute Gasteiger partial charge is 0.0652 e. The summed E-state index contributed by atoms with van der Waals surface area (Å²) in [6.07, 6.45) is 7.29. The predicted octanol–water partition coefficient (Wildman–Crippen LogP) is 1.95. The summed E-state index contributed by atoms with van der Waals surface area (Å²) in [5.41, 5.74) is 0. The Morgan fingerprint density at radius 3 is 1.50 bits per heavy atom. The second-order valence-corrected chi connectivity index (χ2v) is 2.12. The van der Waals surface area contributed by atoms with E-state index in [1.54, 1.807) is 12.2 Å². The lowest BCUT2D eigenvalue weighted by molar-refractivity contribution is 0.185. The van der Waals surface area contributed by atoms with Gasteiger partial charge in [0.1, 0.15) is 0 Å². The third kappa shape index (κ3) is 9.14. The average molecular weight is 168 g/mol. The lowest BCUT2D eigenvalue weighted by Crippen LogP contribution is -1.92. The van der Waals surface area contributed by atoms with Crippen molar-refractivity contribution in [3.05, 3.63) is 37.5 Å². The summed E-state index contributed by atoms with van der Waals surface area (Å²) in [7, 11) is 0. The lowest BCUT2D eigenvalue weighted by Gasteiger charge is -1.95. The monoisotopic (exact) mass is 168 g/mol. The largest absolute Gasteiger partial charge is 0.373 e. The molecule has 0 saturated carbocycles. The summed E-state index contributed by atoms with van der Waals surface area (Å²) in [6.45, 7) is 9.49. The Bertz CT molecular complexity index is 123. The number of rotatable bonds is 8. The maximum absolute atomic E-state index is 5.11. The molecule has 0 aliphatic heterocycles. The van der Waals surface area contributed by atoms with Gasteiger partial charge in [0.2, 0.25) is 0 Å². The molecular formula is C10H16O2. The Balaban J connectivity index is 3.02. The molecule has 0 radical (unpaired) electrons. The van der Waals surface area contributed by atoms with Crippen LogP contribution < -0.4 is 0 Å². The molecule has 0 aliphatic carbocycles. The Morgan fingerprint density at radius 1 is 0.750 bits per heavy atom. The second kappa shape index (κ2) is 10.1. The van der Waals surface area contributed by atoms with Crippen molar-refractivity contribution < 1.29 is 9.47 Å². The summed E-state index contributed by atoms with van der Waals surface area (Å²) < 4.78 is 10.2. The zero-order valence-corrected chi connectivity index (χ0v) is 7.37.